The Morgan fingerprint density at radius 1 is 1.36 bits per heavy atom. The quantitative estimate of drug-likeness (QED) is 0.575. The molecule has 1 aromatic carbocycles. The Hall–Kier alpha value is -1.18. The lowest BCUT2D eigenvalue weighted by Crippen LogP contribution is -2.52. The maximum absolute atomic E-state index is 12.2. The van der Waals surface area contributed by atoms with Crippen molar-refractivity contribution >= 4 is 62.2 Å². The molecule has 0 bridgehead atoms. The Morgan fingerprint density at radius 3 is 2.45 bits per heavy atom. The Bertz CT molecular complexity index is 655. The molecular weight excluding hydrogens is 386 g/mol. The van der Waals surface area contributed by atoms with Crippen LogP contribution in [0.2, 0.25) is 0 Å². The van der Waals surface area contributed by atoms with Crippen molar-refractivity contribution in [2.75, 3.05) is 0 Å². The van der Waals surface area contributed by atoms with E-state index >= 15 is 0 Å². The molecule has 4 nitrogen and oxygen atoms in total. The van der Waals surface area contributed by atoms with Crippen LogP contribution in [0, 0.1) is 5.92 Å². The molecule has 116 valence electrons. The van der Waals surface area contributed by atoms with Crippen LogP contribution in [-0.2, 0) is 4.79 Å². The van der Waals surface area contributed by atoms with Crippen LogP contribution in [-0.4, -0.2) is 27.1 Å². The lowest BCUT2D eigenvalue weighted by molar-refractivity contribution is -0.311. The van der Waals surface area contributed by atoms with E-state index in [0.29, 0.717) is 4.91 Å². The molecule has 22 heavy (non-hydrogen) atoms. The first kappa shape index (κ1) is 17.2. The number of rotatable bonds is 4. The van der Waals surface area contributed by atoms with E-state index in [4.69, 9.17) is 12.2 Å². The minimum absolute atomic E-state index is 0.237. The predicted molar refractivity (Wildman–Crippen MR) is 93.2 cm³/mol. The maximum Gasteiger partial charge on any atom is 0.292 e. The molecule has 1 fully saturated rings. The van der Waals surface area contributed by atoms with Gasteiger partial charge in [0, 0.05) is 4.47 Å². The zero-order valence-corrected chi connectivity index (χ0v) is 15.1. The number of hydrogen-bond donors (Lipinski definition) is 0. The van der Waals surface area contributed by atoms with E-state index in [2.05, 4.69) is 15.9 Å². The second kappa shape index (κ2) is 6.93. The second-order valence-electron chi connectivity index (χ2n) is 5.11. The van der Waals surface area contributed by atoms with Gasteiger partial charge in [0.15, 0.2) is 0 Å². The van der Waals surface area contributed by atoms with Gasteiger partial charge in [0.1, 0.15) is 4.99 Å². The van der Waals surface area contributed by atoms with Crippen molar-refractivity contribution in [1.82, 2.24) is 4.90 Å². The summed E-state index contributed by atoms with van der Waals surface area (Å²) in [6.07, 6.45) is 1.78. The van der Waals surface area contributed by atoms with Crippen LogP contribution in [0.3, 0.4) is 0 Å². The second-order valence-corrected chi connectivity index (χ2v) is 7.41. The Balaban J connectivity index is 2.32. The number of amides is 1. The summed E-state index contributed by atoms with van der Waals surface area (Å²) in [5.74, 6) is -1.59. The first-order valence-corrected chi connectivity index (χ1v) is 8.56. The Kier molecular flexibility index (Phi) is 5.41. The standard InChI is InChI=1S/C15H14BrNO3S2/c1-8(2)12(14(18)19)17-13(21)11(22-15(17)20)7-9-3-5-10(16)6-4-9/h3-8,12H,1-2H3,(H,18,19)/p-1/b11-7+/t12-/m0/s1. The predicted octanol–water partition coefficient (Wildman–Crippen LogP) is 3.06. The highest BCUT2D eigenvalue weighted by molar-refractivity contribution is 9.10. The molecule has 0 aromatic heterocycles. The molecule has 2 rings (SSSR count). The number of aliphatic carboxylic acids is 1. The molecule has 1 amide bonds. The van der Waals surface area contributed by atoms with Crippen LogP contribution in [0.15, 0.2) is 33.6 Å². The summed E-state index contributed by atoms with van der Waals surface area (Å²) in [5.41, 5.74) is 0.886. The van der Waals surface area contributed by atoms with Gasteiger partial charge in [0.05, 0.1) is 16.9 Å². The molecule has 1 heterocycles. The highest BCUT2D eigenvalue weighted by atomic mass is 79.9. The number of benzene rings is 1. The third kappa shape index (κ3) is 3.59. The first-order valence-electron chi connectivity index (χ1n) is 6.54. The summed E-state index contributed by atoms with van der Waals surface area (Å²) < 4.78 is 0.950. The molecule has 1 aliphatic rings. The van der Waals surface area contributed by atoms with Crippen molar-refractivity contribution in [3.63, 3.8) is 0 Å². The normalized spacial score (nSPS) is 18.4. The van der Waals surface area contributed by atoms with Gasteiger partial charge in [0.2, 0.25) is 0 Å². The van der Waals surface area contributed by atoms with E-state index < -0.39 is 12.0 Å². The van der Waals surface area contributed by atoms with Gasteiger partial charge in [-0.1, -0.05) is 54.1 Å². The van der Waals surface area contributed by atoms with Gasteiger partial charge in [-0.2, -0.15) is 0 Å². The first-order chi connectivity index (χ1) is 10.3. The van der Waals surface area contributed by atoms with Gasteiger partial charge >= 0.3 is 0 Å². The summed E-state index contributed by atoms with van der Waals surface area (Å²) >= 11 is 9.60. The zero-order valence-electron chi connectivity index (χ0n) is 11.9. The van der Waals surface area contributed by atoms with Crippen LogP contribution in [0.25, 0.3) is 6.08 Å². The van der Waals surface area contributed by atoms with Gasteiger partial charge < -0.3 is 9.90 Å². The lowest BCUT2D eigenvalue weighted by atomic mass is 10.0. The average molecular weight is 399 g/mol. The molecule has 1 aromatic rings. The number of carboxylic acid groups (broad SMARTS) is 1. The third-order valence-corrected chi connectivity index (χ3v) is 5.12. The van der Waals surface area contributed by atoms with Crippen molar-refractivity contribution in [3.05, 3.63) is 39.2 Å². The van der Waals surface area contributed by atoms with E-state index in [1.54, 1.807) is 19.9 Å². The fourth-order valence-electron chi connectivity index (χ4n) is 2.11. The summed E-state index contributed by atoms with van der Waals surface area (Å²) in [6.45, 7) is 3.44. The number of hydrogen-bond acceptors (Lipinski definition) is 5. The number of halogens is 1. The van der Waals surface area contributed by atoms with E-state index in [1.165, 1.54) is 0 Å². The van der Waals surface area contributed by atoms with E-state index in [0.717, 1.165) is 26.7 Å². The van der Waals surface area contributed by atoms with Crippen LogP contribution >= 0.6 is 39.9 Å². The van der Waals surface area contributed by atoms with Gasteiger partial charge in [-0.3, -0.25) is 9.69 Å². The van der Waals surface area contributed by atoms with Crippen molar-refractivity contribution < 1.29 is 14.7 Å². The van der Waals surface area contributed by atoms with E-state index in [9.17, 15) is 14.7 Å². The Labute approximate surface area is 146 Å². The minimum Gasteiger partial charge on any atom is -0.548 e. The highest BCUT2D eigenvalue weighted by Gasteiger charge is 2.38. The minimum atomic E-state index is -1.30. The van der Waals surface area contributed by atoms with Crippen molar-refractivity contribution in [1.29, 1.82) is 0 Å². The molecule has 7 heteroatoms. The van der Waals surface area contributed by atoms with Gasteiger partial charge in [-0.25, -0.2) is 0 Å². The molecule has 1 atom stereocenters. The fourth-order valence-corrected chi connectivity index (χ4v) is 3.68. The van der Waals surface area contributed by atoms with Gasteiger partial charge in [-0.15, -0.1) is 0 Å². The van der Waals surface area contributed by atoms with Crippen LogP contribution in [0.1, 0.15) is 19.4 Å². The third-order valence-electron chi connectivity index (χ3n) is 3.14. The van der Waals surface area contributed by atoms with Crippen LogP contribution in [0.5, 0.6) is 0 Å². The molecule has 0 radical (unpaired) electrons. The van der Waals surface area contributed by atoms with Crippen molar-refractivity contribution in [3.8, 4) is 0 Å². The SMILES string of the molecule is CC(C)[C@@H](C(=O)[O-])N1C(=O)S/C(=C/c2ccc(Br)cc2)C1=S. The summed E-state index contributed by atoms with van der Waals surface area (Å²) in [4.78, 5) is 25.4. The smallest absolute Gasteiger partial charge is 0.292 e. The molecule has 1 aliphatic heterocycles. The molecule has 1 saturated heterocycles. The molecule has 0 N–H and O–H groups in total. The number of carbonyl (C=O) groups is 2. The molecular formula is C15H13BrNO3S2-. The summed E-state index contributed by atoms with van der Waals surface area (Å²) in [6, 6.07) is 6.47. The molecule has 0 unspecified atom stereocenters. The highest BCUT2D eigenvalue weighted by Crippen LogP contribution is 2.36. The number of carbonyl (C=O) groups excluding carboxylic acids is 2. The monoisotopic (exact) mass is 398 g/mol. The number of thiocarbonyl (C=S) groups is 1. The van der Waals surface area contributed by atoms with Crippen molar-refractivity contribution in [2.45, 2.75) is 19.9 Å². The number of carboxylic acids is 1. The van der Waals surface area contributed by atoms with Gasteiger partial charge in [-0.05, 0) is 41.5 Å². The molecule has 0 spiro atoms. The Morgan fingerprint density at radius 2 is 1.95 bits per heavy atom. The summed E-state index contributed by atoms with van der Waals surface area (Å²) in [7, 11) is 0. The maximum atomic E-state index is 12.2. The lowest BCUT2D eigenvalue weighted by Gasteiger charge is -2.30. The molecule has 0 aliphatic carbocycles. The van der Waals surface area contributed by atoms with Crippen LogP contribution < -0.4 is 5.11 Å². The fraction of sp³-hybridized carbons (Fsp3) is 0.267. The topological polar surface area (TPSA) is 60.4 Å². The molecule has 0 saturated carbocycles. The van der Waals surface area contributed by atoms with E-state index in [1.807, 2.05) is 24.3 Å². The summed E-state index contributed by atoms with van der Waals surface area (Å²) in [5, 5.41) is 10.9. The van der Waals surface area contributed by atoms with Crippen molar-refractivity contribution in [2.24, 2.45) is 5.92 Å². The van der Waals surface area contributed by atoms with E-state index in [-0.39, 0.29) is 16.1 Å². The zero-order chi connectivity index (χ0) is 16.4. The number of thioether (sulfide) groups is 1. The number of nitrogens with zero attached hydrogens (tertiary/aromatic N) is 1. The average Bonchev–Trinajstić information content (AvgIpc) is 2.69. The van der Waals surface area contributed by atoms with Crippen LogP contribution in [0.4, 0.5) is 4.79 Å². The van der Waals surface area contributed by atoms with Gasteiger partial charge in [0.25, 0.3) is 5.24 Å². The largest absolute Gasteiger partial charge is 0.548 e.